The standard InChI is InChI=1S/C13H27N/c1-6-13(11(3)14)8-7-10(2)9-12(13,4)5/h10-11H,6-9,14H2,1-5H3. The molecule has 1 aliphatic carbocycles. The molecule has 1 nitrogen and oxygen atoms in total. The Morgan fingerprint density at radius 1 is 1.43 bits per heavy atom. The van der Waals surface area contributed by atoms with Gasteiger partial charge in [0.2, 0.25) is 0 Å². The zero-order chi connectivity index (χ0) is 11.0. The Kier molecular flexibility index (Phi) is 3.30. The van der Waals surface area contributed by atoms with Crippen molar-refractivity contribution in [1.29, 1.82) is 0 Å². The third-order valence-corrected chi connectivity index (χ3v) is 4.79. The molecule has 0 spiro atoms. The highest BCUT2D eigenvalue weighted by molar-refractivity contribution is 5.00. The van der Waals surface area contributed by atoms with Crippen LogP contribution in [0.15, 0.2) is 0 Å². The maximum Gasteiger partial charge on any atom is 0.00720 e. The van der Waals surface area contributed by atoms with Crippen molar-refractivity contribution in [2.45, 2.75) is 66.3 Å². The lowest BCUT2D eigenvalue weighted by atomic mass is 9.52. The fraction of sp³-hybridized carbons (Fsp3) is 1.00. The maximum absolute atomic E-state index is 6.23. The molecule has 0 aromatic rings. The molecule has 1 heteroatoms. The summed E-state index contributed by atoms with van der Waals surface area (Å²) in [6.45, 7) is 11.7. The molecule has 1 fully saturated rings. The van der Waals surface area contributed by atoms with Crippen molar-refractivity contribution in [1.82, 2.24) is 0 Å². The van der Waals surface area contributed by atoms with Crippen LogP contribution in [-0.2, 0) is 0 Å². The second-order valence-electron chi connectivity index (χ2n) is 6.03. The Morgan fingerprint density at radius 2 is 2.00 bits per heavy atom. The first-order valence-electron chi connectivity index (χ1n) is 6.11. The van der Waals surface area contributed by atoms with Crippen molar-refractivity contribution < 1.29 is 0 Å². The van der Waals surface area contributed by atoms with Crippen LogP contribution in [0.25, 0.3) is 0 Å². The molecule has 3 atom stereocenters. The summed E-state index contributed by atoms with van der Waals surface area (Å²) in [5, 5.41) is 0. The SMILES string of the molecule is CCC1(C(C)N)CCC(C)CC1(C)C. The third-order valence-electron chi connectivity index (χ3n) is 4.79. The van der Waals surface area contributed by atoms with Gasteiger partial charge in [-0.2, -0.15) is 0 Å². The first-order valence-corrected chi connectivity index (χ1v) is 6.11. The van der Waals surface area contributed by atoms with E-state index in [1.165, 1.54) is 25.7 Å². The van der Waals surface area contributed by atoms with Gasteiger partial charge in [0.25, 0.3) is 0 Å². The molecule has 0 heterocycles. The van der Waals surface area contributed by atoms with Gasteiger partial charge in [-0.05, 0) is 42.9 Å². The summed E-state index contributed by atoms with van der Waals surface area (Å²) in [4.78, 5) is 0. The second-order valence-corrected chi connectivity index (χ2v) is 6.03. The summed E-state index contributed by atoms with van der Waals surface area (Å²) < 4.78 is 0. The van der Waals surface area contributed by atoms with Crippen LogP contribution in [0.5, 0.6) is 0 Å². The smallest absolute Gasteiger partial charge is 0.00720 e. The second kappa shape index (κ2) is 3.84. The summed E-state index contributed by atoms with van der Waals surface area (Å²) in [6, 6.07) is 0.329. The molecular weight excluding hydrogens is 170 g/mol. The van der Waals surface area contributed by atoms with Crippen LogP contribution in [0.3, 0.4) is 0 Å². The molecule has 0 amide bonds. The fourth-order valence-corrected chi connectivity index (χ4v) is 3.84. The van der Waals surface area contributed by atoms with Gasteiger partial charge in [-0.15, -0.1) is 0 Å². The van der Waals surface area contributed by atoms with Crippen LogP contribution in [-0.4, -0.2) is 6.04 Å². The molecule has 0 aliphatic heterocycles. The lowest BCUT2D eigenvalue weighted by molar-refractivity contribution is -0.0277. The van der Waals surface area contributed by atoms with Gasteiger partial charge in [0, 0.05) is 6.04 Å². The van der Waals surface area contributed by atoms with E-state index in [4.69, 9.17) is 5.73 Å². The quantitative estimate of drug-likeness (QED) is 0.719. The lowest BCUT2D eigenvalue weighted by Crippen LogP contribution is -2.52. The highest BCUT2D eigenvalue weighted by atomic mass is 14.7. The summed E-state index contributed by atoms with van der Waals surface area (Å²) >= 11 is 0. The Bertz CT molecular complexity index is 195. The Hall–Kier alpha value is -0.0400. The van der Waals surface area contributed by atoms with Gasteiger partial charge in [0.05, 0.1) is 0 Å². The van der Waals surface area contributed by atoms with E-state index in [0.29, 0.717) is 16.9 Å². The highest BCUT2D eigenvalue weighted by Gasteiger charge is 2.48. The van der Waals surface area contributed by atoms with E-state index in [9.17, 15) is 0 Å². The lowest BCUT2D eigenvalue weighted by Gasteiger charge is -2.54. The topological polar surface area (TPSA) is 26.0 Å². The van der Waals surface area contributed by atoms with Gasteiger partial charge in [-0.25, -0.2) is 0 Å². The fourth-order valence-electron chi connectivity index (χ4n) is 3.84. The Labute approximate surface area is 89.5 Å². The molecule has 1 saturated carbocycles. The van der Waals surface area contributed by atoms with Crippen molar-refractivity contribution in [3.63, 3.8) is 0 Å². The monoisotopic (exact) mass is 197 g/mol. The normalized spacial score (nSPS) is 39.4. The van der Waals surface area contributed by atoms with Crippen molar-refractivity contribution in [2.75, 3.05) is 0 Å². The maximum atomic E-state index is 6.23. The first kappa shape index (κ1) is 12.0. The summed E-state index contributed by atoms with van der Waals surface area (Å²) in [5.74, 6) is 0.878. The number of hydrogen-bond acceptors (Lipinski definition) is 1. The van der Waals surface area contributed by atoms with E-state index in [1.54, 1.807) is 0 Å². The molecule has 3 unspecified atom stereocenters. The van der Waals surface area contributed by atoms with Gasteiger partial charge in [-0.1, -0.05) is 34.1 Å². The van der Waals surface area contributed by atoms with E-state index < -0.39 is 0 Å². The largest absolute Gasteiger partial charge is 0.327 e. The van der Waals surface area contributed by atoms with E-state index >= 15 is 0 Å². The zero-order valence-corrected chi connectivity index (χ0v) is 10.6. The third kappa shape index (κ3) is 1.71. The van der Waals surface area contributed by atoms with Crippen LogP contribution in [0.4, 0.5) is 0 Å². The molecule has 0 aromatic heterocycles. The average Bonchev–Trinajstić information content (AvgIpc) is 2.02. The summed E-state index contributed by atoms with van der Waals surface area (Å²) in [5.41, 5.74) is 7.02. The number of rotatable bonds is 2. The molecule has 2 N–H and O–H groups in total. The average molecular weight is 197 g/mol. The molecule has 0 saturated heterocycles. The number of hydrogen-bond donors (Lipinski definition) is 1. The van der Waals surface area contributed by atoms with Gasteiger partial charge in [0.15, 0.2) is 0 Å². The van der Waals surface area contributed by atoms with Crippen LogP contribution < -0.4 is 5.73 Å². The Balaban J connectivity index is 2.95. The van der Waals surface area contributed by atoms with Crippen molar-refractivity contribution in [3.05, 3.63) is 0 Å². The minimum absolute atomic E-state index is 0.329. The molecule has 1 aliphatic rings. The molecule has 1 rings (SSSR count). The summed E-state index contributed by atoms with van der Waals surface area (Å²) in [7, 11) is 0. The van der Waals surface area contributed by atoms with Gasteiger partial charge < -0.3 is 5.73 Å². The highest BCUT2D eigenvalue weighted by Crippen LogP contribution is 2.55. The van der Waals surface area contributed by atoms with Gasteiger partial charge >= 0.3 is 0 Å². The van der Waals surface area contributed by atoms with E-state index in [-0.39, 0.29) is 0 Å². The predicted octanol–water partition coefficient (Wildman–Crippen LogP) is 3.58. The van der Waals surface area contributed by atoms with E-state index in [1.807, 2.05) is 0 Å². The molecule has 14 heavy (non-hydrogen) atoms. The van der Waals surface area contributed by atoms with Crippen molar-refractivity contribution >= 4 is 0 Å². The number of nitrogens with two attached hydrogens (primary N) is 1. The minimum atomic E-state index is 0.329. The minimum Gasteiger partial charge on any atom is -0.327 e. The van der Waals surface area contributed by atoms with Crippen molar-refractivity contribution in [2.24, 2.45) is 22.5 Å². The molecule has 0 radical (unpaired) electrons. The van der Waals surface area contributed by atoms with E-state index in [2.05, 4.69) is 34.6 Å². The molecule has 0 bridgehead atoms. The van der Waals surface area contributed by atoms with Gasteiger partial charge in [0.1, 0.15) is 0 Å². The predicted molar refractivity (Wildman–Crippen MR) is 63.2 cm³/mol. The van der Waals surface area contributed by atoms with Crippen LogP contribution in [0.1, 0.15) is 60.3 Å². The molecular formula is C13H27N. The van der Waals surface area contributed by atoms with Crippen molar-refractivity contribution in [3.8, 4) is 0 Å². The van der Waals surface area contributed by atoms with Crippen LogP contribution in [0, 0.1) is 16.7 Å². The van der Waals surface area contributed by atoms with E-state index in [0.717, 1.165) is 5.92 Å². The Morgan fingerprint density at radius 3 is 2.36 bits per heavy atom. The summed E-state index contributed by atoms with van der Waals surface area (Å²) in [6.07, 6.45) is 5.24. The first-order chi connectivity index (χ1) is 6.35. The van der Waals surface area contributed by atoms with Crippen LogP contribution in [0.2, 0.25) is 0 Å². The zero-order valence-electron chi connectivity index (χ0n) is 10.6. The molecule has 0 aromatic carbocycles. The molecule has 84 valence electrons. The van der Waals surface area contributed by atoms with Crippen LogP contribution >= 0.6 is 0 Å². The van der Waals surface area contributed by atoms with Gasteiger partial charge in [-0.3, -0.25) is 0 Å².